The van der Waals surface area contributed by atoms with Crippen LogP contribution in [0.15, 0.2) is 54.9 Å². The van der Waals surface area contributed by atoms with Crippen molar-refractivity contribution in [1.82, 2.24) is 14.3 Å². The fourth-order valence-electron chi connectivity index (χ4n) is 3.49. The third kappa shape index (κ3) is 4.44. The Kier molecular flexibility index (Phi) is 6.00. The van der Waals surface area contributed by atoms with Crippen molar-refractivity contribution in [2.24, 2.45) is 5.73 Å². The van der Waals surface area contributed by atoms with E-state index in [4.69, 9.17) is 22.1 Å². The van der Waals surface area contributed by atoms with E-state index in [-0.39, 0.29) is 6.10 Å². The van der Waals surface area contributed by atoms with E-state index in [0.717, 1.165) is 33.9 Å². The third-order valence-electron chi connectivity index (χ3n) is 4.90. The fraction of sp³-hybridized carbons (Fsp3) is 0.217. The number of ether oxygens (including phenoxy) is 1. The number of imidazole rings is 1. The molecule has 31 heavy (non-hydrogen) atoms. The number of thiophene rings is 1. The number of aromatic nitrogens is 2. The molecule has 8 heteroatoms. The summed E-state index contributed by atoms with van der Waals surface area (Å²) in [5.41, 5.74) is 9.31. The number of halogens is 1. The van der Waals surface area contributed by atoms with Crippen LogP contribution in [0.3, 0.4) is 0 Å². The molecule has 3 heterocycles. The molecule has 1 atom stereocenters. The van der Waals surface area contributed by atoms with Crippen molar-refractivity contribution in [2.75, 3.05) is 14.1 Å². The van der Waals surface area contributed by atoms with Crippen LogP contribution in [0, 0.1) is 0 Å². The van der Waals surface area contributed by atoms with Gasteiger partial charge in [-0.05, 0) is 44.8 Å². The zero-order chi connectivity index (χ0) is 22.1. The summed E-state index contributed by atoms with van der Waals surface area (Å²) >= 11 is 7.82. The maximum atomic E-state index is 12.1. The molecule has 6 nitrogen and oxygen atoms in total. The van der Waals surface area contributed by atoms with Gasteiger partial charge in [-0.1, -0.05) is 29.8 Å². The van der Waals surface area contributed by atoms with Crippen molar-refractivity contribution in [3.8, 4) is 16.3 Å². The molecular weight excluding hydrogens is 432 g/mol. The topological polar surface area (TPSA) is 72.9 Å². The first-order valence-corrected chi connectivity index (χ1v) is 11.0. The Morgan fingerprint density at radius 2 is 2.10 bits per heavy atom. The molecular formula is C23H23ClN4O2S. The first-order valence-electron chi connectivity index (χ1n) is 9.79. The first-order chi connectivity index (χ1) is 14.8. The van der Waals surface area contributed by atoms with Crippen molar-refractivity contribution >= 4 is 34.5 Å². The number of primary amides is 1. The molecule has 3 aromatic heterocycles. The van der Waals surface area contributed by atoms with Crippen LogP contribution in [0.4, 0.5) is 0 Å². The highest BCUT2D eigenvalue weighted by Crippen LogP contribution is 2.39. The van der Waals surface area contributed by atoms with Gasteiger partial charge in [0.25, 0.3) is 5.91 Å². The summed E-state index contributed by atoms with van der Waals surface area (Å²) in [5.74, 6) is -0.0842. The quantitative estimate of drug-likeness (QED) is 0.425. The van der Waals surface area contributed by atoms with Crippen molar-refractivity contribution in [2.45, 2.75) is 19.6 Å². The second-order valence-electron chi connectivity index (χ2n) is 7.59. The minimum atomic E-state index is -0.528. The molecule has 1 amide bonds. The molecule has 1 aromatic carbocycles. The van der Waals surface area contributed by atoms with Gasteiger partial charge in [0.1, 0.15) is 22.4 Å². The van der Waals surface area contributed by atoms with E-state index in [0.29, 0.717) is 15.6 Å². The lowest BCUT2D eigenvalue weighted by Gasteiger charge is -2.17. The molecule has 0 fully saturated rings. The van der Waals surface area contributed by atoms with Gasteiger partial charge in [0.05, 0.1) is 16.8 Å². The fourth-order valence-corrected chi connectivity index (χ4v) is 4.80. The second-order valence-corrected chi connectivity index (χ2v) is 9.05. The minimum Gasteiger partial charge on any atom is -0.484 e. The molecule has 0 aliphatic heterocycles. The normalized spacial score (nSPS) is 12.4. The van der Waals surface area contributed by atoms with Gasteiger partial charge in [0, 0.05) is 29.4 Å². The number of carbonyl (C=O) groups excluding carboxylic acids is 1. The van der Waals surface area contributed by atoms with Gasteiger partial charge in [-0.25, -0.2) is 4.98 Å². The lowest BCUT2D eigenvalue weighted by atomic mass is 10.1. The number of nitrogens with zero attached hydrogens (tertiary/aromatic N) is 3. The summed E-state index contributed by atoms with van der Waals surface area (Å²) in [7, 11) is 4.02. The lowest BCUT2D eigenvalue weighted by Crippen LogP contribution is -2.13. The molecule has 0 saturated carbocycles. The number of fused-ring (bicyclic) bond motifs is 1. The van der Waals surface area contributed by atoms with Crippen molar-refractivity contribution < 1.29 is 9.53 Å². The molecule has 0 bridgehead atoms. The Hall–Kier alpha value is -2.87. The number of hydrogen-bond donors (Lipinski definition) is 1. The molecule has 0 unspecified atom stereocenters. The predicted molar refractivity (Wildman–Crippen MR) is 125 cm³/mol. The van der Waals surface area contributed by atoms with Crippen LogP contribution in [-0.2, 0) is 6.54 Å². The summed E-state index contributed by atoms with van der Waals surface area (Å²) in [4.78, 5) is 19.8. The highest BCUT2D eigenvalue weighted by molar-refractivity contribution is 7.17. The zero-order valence-corrected chi connectivity index (χ0v) is 19.1. The standard InChI is InChI=1S/C23H23ClN4O2S/c1-14(16-8-7-15(10-17(16)24)13-27(2)3)30-19-11-20(31-22(19)23(25)29)18-12-26-21-6-4-5-9-28(18)21/h4-12,14H,13H2,1-3H3,(H2,25,29)/t14-/m1/s1. The van der Waals surface area contributed by atoms with Gasteiger partial charge in [-0.3, -0.25) is 9.20 Å². The number of pyridine rings is 1. The zero-order valence-electron chi connectivity index (χ0n) is 17.5. The summed E-state index contributed by atoms with van der Waals surface area (Å²) in [6.45, 7) is 2.71. The molecule has 0 aliphatic rings. The highest BCUT2D eigenvalue weighted by atomic mass is 35.5. The lowest BCUT2D eigenvalue weighted by molar-refractivity contribution is 0.0998. The molecule has 160 valence electrons. The molecule has 0 spiro atoms. The van der Waals surface area contributed by atoms with E-state index >= 15 is 0 Å². The molecule has 2 N–H and O–H groups in total. The minimum absolute atomic E-state index is 0.358. The molecule has 0 aliphatic carbocycles. The van der Waals surface area contributed by atoms with Gasteiger partial charge in [0.15, 0.2) is 0 Å². The van der Waals surface area contributed by atoms with Crippen molar-refractivity contribution in [1.29, 1.82) is 0 Å². The van der Waals surface area contributed by atoms with E-state index in [9.17, 15) is 4.79 Å². The van der Waals surface area contributed by atoms with Crippen molar-refractivity contribution in [3.63, 3.8) is 0 Å². The Balaban J connectivity index is 1.65. The summed E-state index contributed by atoms with van der Waals surface area (Å²) in [6.07, 6.45) is 3.35. The molecule has 0 radical (unpaired) electrons. The van der Waals surface area contributed by atoms with Crippen LogP contribution in [0.1, 0.15) is 33.8 Å². The van der Waals surface area contributed by atoms with Crippen LogP contribution in [0.5, 0.6) is 5.75 Å². The summed E-state index contributed by atoms with van der Waals surface area (Å²) < 4.78 is 8.13. The average molecular weight is 455 g/mol. The van der Waals surface area contributed by atoms with Crippen LogP contribution >= 0.6 is 22.9 Å². The largest absolute Gasteiger partial charge is 0.484 e. The molecule has 4 aromatic rings. The Morgan fingerprint density at radius 3 is 2.81 bits per heavy atom. The van der Waals surface area contributed by atoms with E-state index in [1.165, 1.54) is 11.3 Å². The average Bonchev–Trinajstić information content (AvgIpc) is 3.31. The van der Waals surface area contributed by atoms with E-state index in [2.05, 4.69) is 9.88 Å². The molecule has 0 saturated heterocycles. The van der Waals surface area contributed by atoms with Gasteiger partial charge in [-0.15, -0.1) is 11.3 Å². The maximum Gasteiger partial charge on any atom is 0.262 e. The number of hydrogen-bond acceptors (Lipinski definition) is 5. The van der Waals surface area contributed by atoms with Crippen LogP contribution in [0.2, 0.25) is 5.02 Å². The maximum absolute atomic E-state index is 12.1. The number of nitrogens with two attached hydrogens (primary N) is 1. The number of rotatable bonds is 7. The van der Waals surface area contributed by atoms with E-state index < -0.39 is 5.91 Å². The van der Waals surface area contributed by atoms with Gasteiger partial charge >= 0.3 is 0 Å². The predicted octanol–water partition coefficient (Wildman–Crippen LogP) is 5.02. The Bertz CT molecular complexity index is 1250. The number of amides is 1. The Morgan fingerprint density at radius 1 is 1.29 bits per heavy atom. The SMILES string of the molecule is C[C@@H](Oc1cc(-c2cnc3ccccn23)sc1C(N)=O)c1ccc(CN(C)C)cc1Cl. The van der Waals surface area contributed by atoms with Gasteiger partial charge in [-0.2, -0.15) is 0 Å². The monoisotopic (exact) mass is 454 g/mol. The highest BCUT2D eigenvalue weighted by Gasteiger charge is 2.21. The Labute approximate surface area is 189 Å². The third-order valence-corrected chi connectivity index (χ3v) is 6.38. The van der Waals surface area contributed by atoms with Crippen molar-refractivity contribution in [3.05, 3.63) is 75.9 Å². The van der Waals surface area contributed by atoms with Gasteiger partial charge in [0.2, 0.25) is 0 Å². The first kappa shape index (κ1) is 21.4. The van der Waals surface area contributed by atoms with Crippen LogP contribution in [0.25, 0.3) is 16.2 Å². The van der Waals surface area contributed by atoms with E-state index in [1.807, 2.05) is 74.1 Å². The molecule has 4 rings (SSSR count). The summed E-state index contributed by atoms with van der Waals surface area (Å²) in [6, 6.07) is 13.6. The number of benzene rings is 1. The van der Waals surface area contributed by atoms with E-state index in [1.54, 1.807) is 6.20 Å². The van der Waals surface area contributed by atoms with Crippen LogP contribution in [-0.4, -0.2) is 34.3 Å². The van der Waals surface area contributed by atoms with Gasteiger partial charge < -0.3 is 15.4 Å². The smallest absolute Gasteiger partial charge is 0.262 e. The number of carbonyl (C=O) groups is 1. The second kappa shape index (κ2) is 8.70. The van der Waals surface area contributed by atoms with Crippen LogP contribution < -0.4 is 10.5 Å². The summed E-state index contributed by atoms with van der Waals surface area (Å²) in [5, 5.41) is 0.629.